The van der Waals surface area contributed by atoms with Gasteiger partial charge in [0.05, 0.1) is 17.9 Å². The first-order valence-electron chi connectivity index (χ1n) is 7.08. The predicted molar refractivity (Wildman–Crippen MR) is 82.2 cm³/mol. The largest absolute Gasteiger partial charge is 0.377 e. The van der Waals surface area contributed by atoms with Crippen molar-refractivity contribution >= 4 is 17.3 Å². The van der Waals surface area contributed by atoms with Crippen molar-refractivity contribution in [2.24, 2.45) is 0 Å². The van der Waals surface area contributed by atoms with Crippen LogP contribution in [0.5, 0.6) is 0 Å². The van der Waals surface area contributed by atoms with Gasteiger partial charge in [-0.3, -0.25) is 14.8 Å². The second-order valence-corrected chi connectivity index (χ2v) is 5.26. The molecule has 0 radical (unpaired) electrons. The smallest absolute Gasteiger partial charge is 0.223 e. The number of rotatable bonds is 3. The van der Waals surface area contributed by atoms with E-state index in [4.69, 9.17) is 0 Å². The van der Waals surface area contributed by atoms with E-state index in [1.807, 2.05) is 17.0 Å². The molecule has 1 aromatic carbocycles. The highest BCUT2D eigenvalue weighted by atomic mass is 16.2. The fraction of sp³-hybridized carbons (Fsp3) is 0.312. The van der Waals surface area contributed by atoms with Crippen LogP contribution in [0, 0.1) is 0 Å². The Morgan fingerprint density at radius 2 is 2.24 bits per heavy atom. The highest BCUT2D eigenvalue weighted by Gasteiger charge is 2.22. The third-order valence-electron chi connectivity index (χ3n) is 3.77. The summed E-state index contributed by atoms with van der Waals surface area (Å²) >= 11 is 0. The van der Waals surface area contributed by atoms with Crippen LogP contribution < -0.4 is 10.2 Å². The number of carbonyl (C=O) groups excluding carboxylic acids is 1. The molecule has 0 spiro atoms. The standard InChI is InChI=1S/C16H18N4O/c1-11(15-10-17-6-7-18-15)19-14-3-4-16-13(9-14)5-8-20(16)12(2)21/h3-4,6-7,9-11,19H,5,8H2,1-2H3. The van der Waals surface area contributed by atoms with Gasteiger partial charge in [-0.2, -0.15) is 0 Å². The molecule has 0 saturated heterocycles. The second-order valence-electron chi connectivity index (χ2n) is 5.26. The van der Waals surface area contributed by atoms with Crippen molar-refractivity contribution in [2.75, 3.05) is 16.8 Å². The summed E-state index contributed by atoms with van der Waals surface area (Å²) < 4.78 is 0. The molecule has 21 heavy (non-hydrogen) atoms. The molecule has 5 nitrogen and oxygen atoms in total. The average molecular weight is 282 g/mol. The Morgan fingerprint density at radius 3 is 2.95 bits per heavy atom. The Labute approximate surface area is 124 Å². The van der Waals surface area contributed by atoms with Gasteiger partial charge in [0.1, 0.15) is 0 Å². The van der Waals surface area contributed by atoms with Gasteiger partial charge >= 0.3 is 0 Å². The van der Waals surface area contributed by atoms with Gasteiger partial charge in [-0.05, 0) is 37.1 Å². The van der Waals surface area contributed by atoms with E-state index in [1.165, 1.54) is 5.56 Å². The van der Waals surface area contributed by atoms with Crippen LogP contribution in [-0.2, 0) is 11.2 Å². The summed E-state index contributed by atoms with van der Waals surface area (Å²) in [5.41, 5.74) is 4.18. The molecule has 2 heterocycles. The Bertz CT molecular complexity index is 657. The van der Waals surface area contributed by atoms with Gasteiger partial charge < -0.3 is 10.2 Å². The molecule has 1 atom stereocenters. The van der Waals surface area contributed by atoms with Crippen molar-refractivity contribution in [3.05, 3.63) is 48.0 Å². The number of hydrogen-bond donors (Lipinski definition) is 1. The summed E-state index contributed by atoms with van der Waals surface area (Å²) in [5, 5.41) is 3.43. The molecular formula is C16H18N4O. The van der Waals surface area contributed by atoms with E-state index in [0.29, 0.717) is 0 Å². The van der Waals surface area contributed by atoms with Crippen LogP contribution in [0.15, 0.2) is 36.8 Å². The maximum absolute atomic E-state index is 11.6. The average Bonchev–Trinajstić information content (AvgIpc) is 2.91. The molecule has 0 bridgehead atoms. The number of carbonyl (C=O) groups is 1. The van der Waals surface area contributed by atoms with E-state index in [-0.39, 0.29) is 11.9 Å². The first-order chi connectivity index (χ1) is 10.1. The van der Waals surface area contributed by atoms with Crippen molar-refractivity contribution in [1.29, 1.82) is 0 Å². The first kappa shape index (κ1) is 13.5. The number of hydrogen-bond acceptors (Lipinski definition) is 4. The molecule has 0 aliphatic carbocycles. The number of fused-ring (bicyclic) bond motifs is 1. The number of benzene rings is 1. The Hall–Kier alpha value is -2.43. The van der Waals surface area contributed by atoms with Crippen LogP contribution in [0.1, 0.15) is 31.1 Å². The summed E-state index contributed by atoms with van der Waals surface area (Å²) in [4.78, 5) is 21.8. The van der Waals surface area contributed by atoms with Crippen LogP contribution >= 0.6 is 0 Å². The summed E-state index contributed by atoms with van der Waals surface area (Å²) in [6, 6.07) is 6.22. The van der Waals surface area contributed by atoms with E-state index in [2.05, 4.69) is 28.3 Å². The predicted octanol–water partition coefficient (Wildman–Crippen LogP) is 2.56. The molecule has 1 N–H and O–H groups in total. The SMILES string of the molecule is CC(=O)N1CCc2cc(NC(C)c3cnccn3)ccc21. The lowest BCUT2D eigenvalue weighted by molar-refractivity contribution is -0.116. The topological polar surface area (TPSA) is 58.1 Å². The summed E-state index contributed by atoms with van der Waals surface area (Å²) in [5.74, 6) is 0.0994. The first-order valence-corrected chi connectivity index (χ1v) is 7.08. The monoisotopic (exact) mass is 282 g/mol. The minimum Gasteiger partial charge on any atom is -0.377 e. The van der Waals surface area contributed by atoms with Gasteiger partial charge in [-0.15, -0.1) is 0 Å². The maximum atomic E-state index is 11.6. The van der Waals surface area contributed by atoms with Crippen molar-refractivity contribution < 1.29 is 4.79 Å². The zero-order valence-electron chi connectivity index (χ0n) is 12.2. The summed E-state index contributed by atoms with van der Waals surface area (Å²) in [6.07, 6.45) is 6.04. The number of amides is 1. The van der Waals surface area contributed by atoms with E-state index in [0.717, 1.165) is 30.0 Å². The molecule has 1 aromatic heterocycles. The molecule has 0 saturated carbocycles. The Kier molecular flexibility index (Phi) is 3.56. The van der Waals surface area contributed by atoms with Crippen LogP contribution in [0.3, 0.4) is 0 Å². The van der Waals surface area contributed by atoms with Gasteiger partial charge in [-0.1, -0.05) is 0 Å². The lowest BCUT2D eigenvalue weighted by Crippen LogP contribution is -2.25. The van der Waals surface area contributed by atoms with Gasteiger partial charge in [0.2, 0.25) is 5.91 Å². The number of nitrogens with one attached hydrogen (secondary N) is 1. The molecule has 1 aliphatic rings. The number of nitrogens with zero attached hydrogens (tertiary/aromatic N) is 3. The van der Waals surface area contributed by atoms with E-state index in [1.54, 1.807) is 25.5 Å². The molecule has 1 unspecified atom stereocenters. The minimum absolute atomic E-state index is 0.0852. The molecule has 3 rings (SSSR count). The molecule has 5 heteroatoms. The van der Waals surface area contributed by atoms with Gasteiger partial charge in [-0.25, -0.2) is 0 Å². The Balaban J connectivity index is 1.78. The maximum Gasteiger partial charge on any atom is 0.223 e. The van der Waals surface area contributed by atoms with E-state index < -0.39 is 0 Å². The molecule has 2 aromatic rings. The van der Waals surface area contributed by atoms with Gasteiger partial charge in [0, 0.05) is 37.2 Å². The minimum atomic E-state index is 0.0852. The van der Waals surface area contributed by atoms with E-state index in [9.17, 15) is 4.79 Å². The highest BCUT2D eigenvalue weighted by molar-refractivity contribution is 5.94. The molecule has 1 aliphatic heterocycles. The molecule has 108 valence electrons. The zero-order chi connectivity index (χ0) is 14.8. The van der Waals surface area contributed by atoms with Crippen LogP contribution in [0.4, 0.5) is 11.4 Å². The quantitative estimate of drug-likeness (QED) is 0.940. The second kappa shape index (κ2) is 5.52. The van der Waals surface area contributed by atoms with Crippen LogP contribution in [0.2, 0.25) is 0 Å². The van der Waals surface area contributed by atoms with Gasteiger partial charge in [0.25, 0.3) is 0 Å². The fourth-order valence-electron chi connectivity index (χ4n) is 2.68. The van der Waals surface area contributed by atoms with Crippen molar-refractivity contribution in [3.63, 3.8) is 0 Å². The molecular weight excluding hydrogens is 264 g/mol. The van der Waals surface area contributed by atoms with E-state index >= 15 is 0 Å². The van der Waals surface area contributed by atoms with Crippen molar-refractivity contribution in [3.8, 4) is 0 Å². The third kappa shape index (κ3) is 2.72. The number of aromatic nitrogens is 2. The normalized spacial score (nSPS) is 14.7. The fourth-order valence-corrected chi connectivity index (χ4v) is 2.68. The molecule has 1 amide bonds. The van der Waals surface area contributed by atoms with Crippen LogP contribution in [-0.4, -0.2) is 22.4 Å². The lowest BCUT2D eigenvalue weighted by atomic mass is 10.1. The lowest BCUT2D eigenvalue weighted by Gasteiger charge is -2.17. The highest BCUT2D eigenvalue weighted by Crippen LogP contribution is 2.31. The van der Waals surface area contributed by atoms with Crippen molar-refractivity contribution in [2.45, 2.75) is 26.3 Å². The Morgan fingerprint density at radius 1 is 1.38 bits per heavy atom. The van der Waals surface area contributed by atoms with Crippen molar-refractivity contribution in [1.82, 2.24) is 9.97 Å². The molecule has 0 fully saturated rings. The summed E-state index contributed by atoms with van der Waals surface area (Å²) in [6.45, 7) is 4.43. The third-order valence-corrected chi connectivity index (χ3v) is 3.77. The zero-order valence-corrected chi connectivity index (χ0v) is 12.2. The number of anilines is 2. The van der Waals surface area contributed by atoms with Crippen LogP contribution in [0.25, 0.3) is 0 Å². The summed E-state index contributed by atoms with van der Waals surface area (Å²) in [7, 11) is 0. The van der Waals surface area contributed by atoms with Gasteiger partial charge in [0.15, 0.2) is 0 Å².